The van der Waals surface area contributed by atoms with Crippen molar-refractivity contribution in [3.05, 3.63) is 25.1 Å². The Hall–Kier alpha value is 0.980. The Morgan fingerprint density at radius 2 is 1.14 bits per heavy atom. The average Bonchev–Trinajstić information content (AvgIpc) is 2.19. The van der Waals surface area contributed by atoms with E-state index in [-0.39, 0.29) is 15.1 Å². The minimum atomic E-state index is 0.170. The fourth-order valence-corrected chi connectivity index (χ4v) is 2.85. The Morgan fingerprint density at radius 1 is 0.786 bits per heavy atom. The molecule has 0 aliphatic carbocycles. The molecule has 0 bridgehead atoms. The van der Waals surface area contributed by atoms with E-state index in [1.54, 1.807) is 7.05 Å². The average molecular weight is 311 g/mol. The molecule has 0 aliphatic rings. The molecule has 0 fully saturated rings. The van der Waals surface area contributed by atoms with Crippen molar-refractivity contribution >= 4 is 70.0 Å². The zero-order valence-electron chi connectivity index (χ0n) is 6.80. The van der Waals surface area contributed by atoms with Gasteiger partial charge in [-0.2, -0.15) is 0 Å². The smallest absolute Gasteiger partial charge is 0.0809 e. The summed E-state index contributed by atoms with van der Waals surface area (Å²) in [5, 5.41) is 1.18. The highest BCUT2D eigenvalue weighted by atomic mass is 35.5. The lowest BCUT2D eigenvalue weighted by molar-refractivity contribution is 1.28. The van der Waals surface area contributed by atoms with Gasteiger partial charge in [-0.3, -0.25) is 4.72 Å². The van der Waals surface area contributed by atoms with Crippen LogP contribution in [-0.4, -0.2) is 7.05 Å². The van der Waals surface area contributed by atoms with E-state index in [1.165, 1.54) is 11.9 Å². The van der Waals surface area contributed by atoms with Crippen molar-refractivity contribution in [3.8, 4) is 0 Å². The maximum absolute atomic E-state index is 5.93. The lowest BCUT2D eigenvalue weighted by atomic mass is 10.3. The van der Waals surface area contributed by atoms with E-state index < -0.39 is 0 Å². The second-order valence-electron chi connectivity index (χ2n) is 2.21. The van der Waals surface area contributed by atoms with E-state index in [9.17, 15) is 0 Å². The topological polar surface area (TPSA) is 12.0 Å². The van der Waals surface area contributed by atoms with Crippen LogP contribution in [0.2, 0.25) is 25.1 Å². The molecule has 1 N–H and O–H groups in total. The summed E-state index contributed by atoms with van der Waals surface area (Å²) in [5.74, 6) is 0. The SMILES string of the molecule is CNSc1c(Cl)c(Cl)c(Cl)c(Cl)c1Cl. The molecule has 0 radical (unpaired) electrons. The van der Waals surface area contributed by atoms with Crippen molar-refractivity contribution in [2.45, 2.75) is 4.90 Å². The van der Waals surface area contributed by atoms with Gasteiger partial charge in [-0.05, 0) is 19.0 Å². The third kappa shape index (κ3) is 2.38. The normalized spacial score (nSPS) is 10.7. The Labute approximate surface area is 111 Å². The summed E-state index contributed by atoms with van der Waals surface area (Å²) < 4.78 is 2.83. The summed E-state index contributed by atoms with van der Waals surface area (Å²) in [6.07, 6.45) is 0. The number of hydrogen-bond donors (Lipinski definition) is 1. The summed E-state index contributed by atoms with van der Waals surface area (Å²) in [7, 11) is 1.73. The molecule has 0 heterocycles. The van der Waals surface area contributed by atoms with Crippen molar-refractivity contribution in [2.75, 3.05) is 7.05 Å². The van der Waals surface area contributed by atoms with E-state index in [0.717, 1.165) is 0 Å². The number of nitrogens with one attached hydrogen (secondary N) is 1. The van der Waals surface area contributed by atoms with Gasteiger partial charge in [0.15, 0.2) is 0 Å². The van der Waals surface area contributed by atoms with E-state index in [0.29, 0.717) is 14.9 Å². The Balaban J connectivity index is 3.43. The summed E-state index contributed by atoms with van der Waals surface area (Å²) in [5.41, 5.74) is 0. The van der Waals surface area contributed by atoms with Crippen molar-refractivity contribution in [3.63, 3.8) is 0 Å². The molecule has 0 saturated heterocycles. The van der Waals surface area contributed by atoms with Gasteiger partial charge in [0.25, 0.3) is 0 Å². The fraction of sp³-hybridized carbons (Fsp3) is 0.143. The van der Waals surface area contributed by atoms with Crippen LogP contribution in [0.1, 0.15) is 0 Å². The molecule has 0 spiro atoms. The van der Waals surface area contributed by atoms with Gasteiger partial charge in [0.05, 0.1) is 30.0 Å². The standard InChI is InChI=1S/C7H4Cl5NS/c1-13-14-7-5(11)3(9)2(8)4(10)6(7)12/h13H,1H3. The first-order chi connectivity index (χ1) is 6.50. The van der Waals surface area contributed by atoms with Crippen LogP contribution in [0.3, 0.4) is 0 Å². The van der Waals surface area contributed by atoms with Gasteiger partial charge in [0.1, 0.15) is 0 Å². The third-order valence-electron chi connectivity index (χ3n) is 1.37. The number of hydrogen-bond acceptors (Lipinski definition) is 2. The predicted molar refractivity (Wildman–Crippen MR) is 66.4 cm³/mol. The largest absolute Gasteiger partial charge is 0.263 e. The monoisotopic (exact) mass is 309 g/mol. The van der Waals surface area contributed by atoms with Crippen LogP contribution in [0.15, 0.2) is 4.90 Å². The number of rotatable bonds is 2. The van der Waals surface area contributed by atoms with Crippen LogP contribution >= 0.6 is 70.0 Å². The highest BCUT2D eigenvalue weighted by molar-refractivity contribution is 7.97. The minimum absolute atomic E-state index is 0.170. The van der Waals surface area contributed by atoms with Crippen molar-refractivity contribution in [1.82, 2.24) is 4.72 Å². The Bertz CT molecular complexity index is 339. The molecule has 1 aromatic rings. The highest BCUT2D eigenvalue weighted by Gasteiger charge is 2.19. The fourth-order valence-electron chi connectivity index (χ4n) is 0.776. The molecule has 0 atom stereocenters. The van der Waals surface area contributed by atoms with Gasteiger partial charge in [-0.25, -0.2) is 0 Å². The van der Waals surface area contributed by atoms with Gasteiger partial charge >= 0.3 is 0 Å². The van der Waals surface area contributed by atoms with Crippen LogP contribution in [0, 0.1) is 0 Å². The highest BCUT2D eigenvalue weighted by Crippen LogP contribution is 2.46. The van der Waals surface area contributed by atoms with E-state index in [1.807, 2.05) is 0 Å². The second-order valence-corrected chi connectivity index (χ2v) is 5.12. The lowest BCUT2D eigenvalue weighted by Gasteiger charge is -2.10. The molecule has 0 unspecified atom stereocenters. The molecule has 0 aromatic heterocycles. The Kier molecular flexibility index (Phi) is 4.99. The molecule has 1 aromatic carbocycles. The van der Waals surface area contributed by atoms with E-state index >= 15 is 0 Å². The van der Waals surface area contributed by atoms with Crippen molar-refractivity contribution in [1.29, 1.82) is 0 Å². The van der Waals surface area contributed by atoms with Crippen LogP contribution in [0.25, 0.3) is 0 Å². The quantitative estimate of drug-likeness (QED) is 0.459. The first-order valence-corrected chi connectivity index (χ1v) is 6.06. The van der Waals surface area contributed by atoms with Crippen LogP contribution < -0.4 is 4.72 Å². The molecule has 0 saturated carbocycles. The predicted octanol–water partition coefficient (Wildman–Crippen LogP) is 5.18. The zero-order valence-corrected chi connectivity index (χ0v) is 11.4. The summed E-state index contributed by atoms with van der Waals surface area (Å²) >= 11 is 30.6. The van der Waals surface area contributed by atoms with Gasteiger partial charge in [0, 0.05) is 0 Å². The van der Waals surface area contributed by atoms with Crippen molar-refractivity contribution < 1.29 is 0 Å². The molecular formula is C7H4Cl5NS. The molecule has 0 amide bonds. The maximum atomic E-state index is 5.93. The Morgan fingerprint density at radius 3 is 1.50 bits per heavy atom. The molecule has 1 rings (SSSR count). The first kappa shape index (κ1) is 13.0. The third-order valence-corrected chi connectivity index (χ3v) is 4.69. The molecule has 78 valence electrons. The molecule has 14 heavy (non-hydrogen) atoms. The van der Waals surface area contributed by atoms with Gasteiger partial charge < -0.3 is 0 Å². The second kappa shape index (κ2) is 5.35. The zero-order chi connectivity index (χ0) is 10.9. The van der Waals surface area contributed by atoms with Crippen LogP contribution in [0.5, 0.6) is 0 Å². The maximum Gasteiger partial charge on any atom is 0.0809 e. The van der Waals surface area contributed by atoms with Gasteiger partial charge in [-0.15, -0.1) is 0 Å². The van der Waals surface area contributed by atoms with Crippen LogP contribution in [0.4, 0.5) is 0 Å². The molecule has 7 heteroatoms. The van der Waals surface area contributed by atoms with Crippen LogP contribution in [-0.2, 0) is 0 Å². The summed E-state index contributed by atoms with van der Waals surface area (Å²) in [6.45, 7) is 0. The van der Waals surface area contributed by atoms with Gasteiger partial charge in [-0.1, -0.05) is 58.0 Å². The molecular weight excluding hydrogens is 307 g/mol. The number of halogens is 5. The van der Waals surface area contributed by atoms with E-state index in [2.05, 4.69) is 4.72 Å². The number of benzene rings is 1. The molecule has 0 aliphatic heterocycles. The first-order valence-electron chi connectivity index (χ1n) is 3.35. The van der Waals surface area contributed by atoms with Crippen molar-refractivity contribution in [2.24, 2.45) is 0 Å². The van der Waals surface area contributed by atoms with Gasteiger partial charge in [0.2, 0.25) is 0 Å². The van der Waals surface area contributed by atoms with E-state index in [4.69, 9.17) is 58.0 Å². The molecule has 1 nitrogen and oxygen atoms in total. The summed E-state index contributed by atoms with van der Waals surface area (Å²) in [6, 6.07) is 0. The minimum Gasteiger partial charge on any atom is -0.263 e. The summed E-state index contributed by atoms with van der Waals surface area (Å²) in [4.78, 5) is 0.565. The lowest BCUT2D eigenvalue weighted by Crippen LogP contribution is -1.93.